The smallest absolute Gasteiger partial charge is 0.0451 e. The van der Waals surface area contributed by atoms with Crippen molar-refractivity contribution < 1.29 is 0 Å². The summed E-state index contributed by atoms with van der Waals surface area (Å²) in [5.41, 5.74) is 1.17. The minimum atomic E-state index is 0.797. The normalized spacial score (nSPS) is 17.4. The number of nitrogens with one attached hydrogen (secondary N) is 1. The summed E-state index contributed by atoms with van der Waals surface area (Å²) < 4.78 is 1.09. The Labute approximate surface area is 111 Å². The minimum Gasteiger partial charge on any atom is -0.312 e. The van der Waals surface area contributed by atoms with Gasteiger partial charge in [0.1, 0.15) is 0 Å². The number of benzene rings is 1. The standard InChI is InChI=1S/C13H17BrClN/c1-9(10-2-3-10)7-16-8-11-6-12(14)4-5-13(11)15/h4-6,9-10,16H,2-3,7-8H2,1H3. The first-order chi connectivity index (χ1) is 7.66. The summed E-state index contributed by atoms with van der Waals surface area (Å²) in [7, 11) is 0. The van der Waals surface area contributed by atoms with Gasteiger partial charge in [-0.05, 0) is 55.0 Å². The first kappa shape index (κ1) is 12.4. The number of hydrogen-bond acceptors (Lipinski definition) is 1. The summed E-state index contributed by atoms with van der Waals surface area (Å²) in [5.74, 6) is 1.76. The molecule has 16 heavy (non-hydrogen) atoms. The summed E-state index contributed by atoms with van der Waals surface area (Å²) in [6.07, 6.45) is 2.83. The van der Waals surface area contributed by atoms with Crippen molar-refractivity contribution in [1.82, 2.24) is 5.32 Å². The van der Waals surface area contributed by atoms with E-state index in [2.05, 4.69) is 34.2 Å². The molecule has 0 aromatic heterocycles. The van der Waals surface area contributed by atoms with Crippen molar-refractivity contribution in [2.24, 2.45) is 11.8 Å². The fraction of sp³-hybridized carbons (Fsp3) is 0.538. The second-order valence-corrected chi connectivity index (χ2v) is 6.00. The van der Waals surface area contributed by atoms with Gasteiger partial charge in [-0.2, -0.15) is 0 Å². The van der Waals surface area contributed by atoms with Crippen molar-refractivity contribution in [1.29, 1.82) is 0 Å². The highest BCUT2D eigenvalue weighted by molar-refractivity contribution is 9.10. The molecular weight excluding hydrogens is 286 g/mol. The molecule has 1 nitrogen and oxygen atoms in total. The van der Waals surface area contributed by atoms with Gasteiger partial charge in [0.15, 0.2) is 0 Å². The van der Waals surface area contributed by atoms with Crippen molar-refractivity contribution >= 4 is 27.5 Å². The van der Waals surface area contributed by atoms with Crippen molar-refractivity contribution in [3.63, 3.8) is 0 Å². The van der Waals surface area contributed by atoms with Gasteiger partial charge in [-0.3, -0.25) is 0 Å². The van der Waals surface area contributed by atoms with E-state index in [0.717, 1.165) is 34.4 Å². The van der Waals surface area contributed by atoms with Gasteiger partial charge in [-0.25, -0.2) is 0 Å². The van der Waals surface area contributed by atoms with E-state index in [9.17, 15) is 0 Å². The van der Waals surface area contributed by atoms with Crippen LogP contribution in [0.4, 0.5) is 0 Å². The molecule has 1 aromatic carbocycles. The van der Waals surface area contributed by atoms with Crippen molar-refractivity contribution in [2.45, 2.75) is 26.3 Å². The molecule has 0 heterocycles. The summed E-state index contributed by atoms with van der Waals surface area (Å²) in [4.78, 5) is 0. The molecule has 1 N–H and O–H groups in total. The average Bonchev–Trinajstić information content (AvgIpc) is 3.06. The lowest BCUT2D eigenvalue weighted by Crippen LogP contribution is -2.21. The van der Waals surface area contributed by atoms with E-state index >= 15 is 0 Å². The van der Waals surface area contributed by atoms with Gasteiger partial charge in [0.05, 0.1) is 0 Å². The Balaban J connectivity index is 1.81. The summed E-state index contributed by atoms with van der Waals surface area (Å²) >= 11 is 9.59. The highest BCUT2D eigenvalue weighted by Gasteiger charge is 2.27. The molecule has 88 valence electrons. The van der Waals surface area contributed by atoms with Crippen LogP contribution in [0.25, 0.3) is 0 Å². The first-order valence-corrected chi connectivity index (χ1v) is 6.98. The SMILES string of the molecule is CC(CNCc1cc(Br)ccc1Cl)C1CC1. The fourth-order valence-electron chi connectivity index (χ4n) is 1.95. The molecule has 3 heteroatoms. The molecular formula is C13H17BrClN. The second kappa shape index (κ2) is 5.52. The molecule has 1 aliphatic rings. The third-order valence-electron chi connectivity index (χ3n) is 3.22. The zero-order valence-corrected chi connectivity index (χ0v) is 11.8. The maximum Gasteiger partial charge on any atom is 0.0451 e. The third kappa shape index (κ3) is 3.47. The Hall–Kier alpha value is -0.0500. The summed E-state index contributed by atoms with van der Waals surface area (Å²) in [5, 5.41) is 4.33. The van der Waals surface area contributed by atoms with Crippen LogP contribution in [0.2, 0.25) is 5.02 Å². The fourth-order valence-corrected chi connectivity index (χ4v) is 2.54. The predicted octanol–water partition coefficient (Wildman–Crippen LogP) is 4.24. The van der Waals surface area contributed by atoms with E-state index in [0.29, 0.717) is 0 Å². The largest absolute Gasteiger partial charge is 0.312 e. The summed E-state index contributed by atoms with van der Waals surface area (Å²) in [6, 6.07) is 5.99. The Bertz CT molecular complexity index is 363. The topological polar surface area (TPSA) is 12.0 Å². The van der Waals surface area contributed by atoms with Gasteiger partial charge in [-0.1, -0.05) is 34.5 Å². The Morgan fingerprint density at radius 1 is 1.50 bits per heavy atom. The molecule has 1 unspecified atom stereocenters. The maximum absolute atomic E-state index is 6.13. The van der Waals surface area contributed by atoms with Crippen LogP contribution < -0.4 is 5.32 Å². The van der Waals surface area contributed by atoms with Crippen molar-refractivity contribution in [3.05, 3.63) is 33.3 Å². The molecule has 1 aliphatic carbocycles. The van der Waals surface area contributed by atoms with Gasteiger partial charge >= 0.3 is 0 Å². The second-order valence-electron chi connectivity index (χ2n) is 4.68. The quantitative estimate of drug-likeness (QED) is 0.858. The van der Waals surface area contributed by atoms with Crippen LogP contribution in [0.15, 0.2) is 22.7 Å². The number of rotatable bonds is 5. The van der Waals surface area contributed by atoms with Gasteiger partial charge < -0.3 is 5.32 Å². The Morgan fingerprint density at radius 2 is 2.25 bits per heavy atom. The van der Waals surface area contributed by atoms with E-state index in [-0.39, 0.29) is 0 Å². The van der Waals surface area contributed by atoms with Gasteiger partial charge in [0.25, 0.3) is 0 Å². The molecule has 0 amide bonds. The van der Waals surface area contributed by atoms with Crippen LogP contribution in [0, 0.1) is 11.8 Å². The lowest BCUT2D eigenvalue weighted by Gasteiger charge is -2.12. The highest BCUT2D eigenvalue weighted by Crippen LogP contribution is 2.36. The van der Waals surface area contributed by atoms with Crippen LogP contribution in [0.5, 0.6) is 0 Å². The lowest BCUT2D eigenvalue weighted by molar-refractivity contribution is 0.461. The molecule has 1 atom stereocenters. The van der Waals surface area contributed by atoms with E-state index < -0.39 is 0 Å². The predicted molar refractivity (Wildman–Crippen MR) is 72.7 cm³/mol. The van der Waals surface area contributed by atoms with Crippen LogP contribution in [0.1, 0.15) is 25.3 Å². The monoisotopic (exact) mass is 301 g/mol. The number of hydrogen-bond donors (Lipinski definition) is 1. The van der Waals surface area contributed by atoms with Crippen LogP contribution >= 0.6 is 27.5 Å². The zero-order valence-electron chi connectivity index (χ0n) is 9.47. The Morgan fingerprint density at radius 3 is 2.94 bits per heavy atom. The third-order valence-corrected chi connectivity index (χ3v) is 4.08. The molecule has 1 aromatic rings. The molecule has 0 radical (unpaired) electrons. The zero-order chi connectivity index (χ0) is 11.5. The molecule has 1 saturated carbocycles. The van der Waals surface area contributed by atoms with Gasteiger partial charge in [-0.15, -0.1) is 0 Å². The maximum atomic E-state index is 6.13. The van der Waals surface area contributed by atoms with Crippen molar-refractivity contribution in [2.75, 3.05) is 6.54 Å². The van der Waals surface area contributed by atoms with Gasteiger partial charge in [0, 0.05) is 16.0 Å². The lowest BCUT2D eigenvalue weighted by atomic mass is 10.1. The van der Waals surface area contributed by atoms with Crippen LogP contribution in [0.3, 0.4) is 0 Å². The molecule has 0 aliphatic heterocycles. The highest BCUT2D eigenvalue weighted by atomic mass is 79.9. The van der Waals surface area contributed by atoms with E-state index in [1.807, 2.05) is 12.1 Å². The molecule has 2 rings (SSSR count). The summed E-state index contributed by atoms with van der Waals surface area (Å²) in [6.45, 7) is 4.27. The molecule has 0 saturated heterocycles. The van der Waals surface area contributed by atoms with Gasteiger partial charge in [0.2, 0.25) is 0 Å². The van der Waals surface area contributed by atoms with E-state index in [1.165, 1.54) is 18.4 Å². The molecule has 0 spiro atoms. The van der Waals surface area contributed by atoms with Crippen LogP contribution in [-0.4, -0.2) is 6.54 Å². The Kier molecular flexibility index (Phi) is 4.28. The number of halogens is 2. The average molecular weight is 303 g/mol. The first-order valence-electron chi connectivity index (χ1n) is 5.81. The van der Waals surface area contributed by atoms with E-state index in [4.69, 9.17) is 11.6 Å². The molecule has 0 bridgehead atoms. The minimum absolute atomic E-state index is 0.797. The van der Waals surface area contributed by atoms with Crippen LogP contribution in [-0.2, 0) is 6.54 Å². The molecule has 1 fully saturated rings. The van der Waals surface area contributed by atoms with E-state index in [1.54, 1.807) is 0 Å². The van der Waals surface area contributed by atoms with Crippen molar-refractivity contribution in [3.8, 4) is 0 Å².